The molecule has 5 atom stereocenters. The highest BCUT2D eigenvalue weighted by Crippen LogP contribution is 2.70. The van der Waals surface area contributed by atoms with Crippen molar-refractivity contribution < 1.29 is 4.74 Å². The van der Waals surface area contributed by atoms with Crippen LogP contribution in [0.2, 0.25) is 0 Å². The number of rotatable bonds is 6. The Kier molecular flexibility index (Phi) is 2.94. The third-order valence-electron chi connectivity index (χ3n) is 5.34. The molecule has 0 heterocycles. The highest BCUT2D eigenvalue weighted by Gasteiger charge is 2.66. The van der Waals surface area contributed by atoms with E-state index >= 15 is 0 Å². The molecule has 0 aliphatic heterocycles. The molecule has 3 heteroatoms. The van der Waals surface area contributed by atoms with E-state index < -0.39 is 0 Å². The van der Waals surface area contributed by atoms with Gasteiger partial charge in [0.05, 0.1) is 0 Å². The summed E-state index contributed by atoms with van der Waals surface area (Å²) in [6, 6.07) is 0.550. The molecule has 0 amide bonds. The molecule has 0 radical (unpaired) electrons. The zero-order chi connectivity index (χ0) is 11.1. The van der Waals surface area contributed by atoms with E-state index in [0.29, 0.717) is 6.04 Å². The minimum atomic E-state index is 0.550. The molecule has 3 aliphatic carbocycles. The predicted molar refractivity (Wildman–Crippen MR) is 63.5 cm³/mol. The third-order valence-corrected chi connectivity index (χ3v) is 5.34. The van der Waals surface area contributed by atoms with Crippen molar-refractivity contribution in [3.63, 3.8) is 0 Å². The molecule has 3 N–H and O–H groups in total. The minimum absolute atomic E-state index is 0.550. The molecule has 3 aliphatic rings. The summed E-state index contributed by atoms with van der Waals surface area (Å²) < 4.78 is 5.12. The van der Waals surface area contributed by atoms with Crippen LogP contribution in [0.25, 0.3) is 0 Å². The van der Waals surface area contributed by atoms with Gasteiger partial charge in [-0.05, 0) is 61.7 Å². The lowest BCUT2D eigenvalue weighted by Gasteiger charge is -2.19. The van der Waals surface area contributed by atoms with Crippen LogP contribution >= 0.6 is 0 Å². The Hall–Kier alpha value is -0.120. The monoisotopic (exact) mass is 224 g/mol. The lowest BCUT2D eigenvalue weighted by Crippen LogP contribution is -2.38. The SMILES string of the molecule is COCCCC(NN)C1C2C3CCC(C3)C21. The molecular formula is C13H24N2O. The fraction of sp³-hybridized carbons (Fsp3) is 1.00. The zero-order valence-corrected chi connectivity index (χ0v) is 10.2. The molecule has 3 fully saturated rings. The fourth-order valence-electron chi connectivity index (χ4n) is 4.76. The van der Waals surface area contributed by atoms with E-state index in [1.54, 1.807) is 7.11 Å². The van der Waals surface area contributed by atoms with Gasteiger partial charge in [0.25, 0.3) is 0 Å². The molecule has 3 saturated carbocycles. The lowest BCUT2D eigenvalue weighted by atomic mass is 9.95. The van der Waals surface area contributed by atoms with Crippen molar-refractivity contribution >= 4 is 0 Å². The van der Waals surface area contributed by atoms with Gasteiger partial charge in [0.1, 0.15) is 0 Å². The van der Waals surface area contributed by atoms with E-state index in [1.165, 1.54) is 25.7 Å². The number of hydrogen-bond acceptors (Lipinski definition) is 3. The Labute approximate surface area is 98.1 Å². The Morgan fingerprint density at radius 3 is 2.56 bits per heavy atom. The topological polar surface area (TPSA) is 47.3 Å². The predicted octanol–water partition coefficient (Wildman–Crippen LogP) is 1.54. The van der Waals surface area contributed by atoms with Crippen LogP contribution in [0.3, 0.4) is 0 Å². The number of hydrogen-bond donors (Lipinski definition) is 2. The highest BCUT2D eigenvalue weighted by molar-refractivity contribution is 5.15. The number of nitrogens with one attached hydrogen (secondary N) is 1. The van der Waals surface area contributed by atoms with Gasteiger partial charge in [0, 0.05) is 19.8 Å². The molecule has 3 nitrogen and oxygen atoms in total. The normalized spacial score (nSPS) is 45.8. The number of nitrogens with two attached hydrogens (primary N) is 1. The van der Waals surface area contributed by atoms with Gasteiger partial charge in [-0.25, -0.2) is 0 Å². The molecule has 16 heavy (non-hydrogen) atoms. The van der Waals surface area contributed by atoms with Gasteiger partial charge in [-0.15, -0.1) is 0 Å². The largest absolute Gasteiger partial charge is 0.385 e. The summed E-state index contributed by atoms with van der Waals surface area (Å²) >= 11 is 0. The quantitative estimate of drug-likeness (QED) is 0.409. The zero-order valence-electron chi connectivity index (χ0n) is 10.2. The van der Waals surface area contributed by atoms with E-state index in [-0.39, 0.29) is 0 Å². The van der Waals surface area contributed by atoms with Crippen molar-refractivity contribution in [1.82, 2.24) is 5.43 Å². The minimum Gasteiger partial charge on any atom is -0.385 e. The van der Waals surface area contributed by atoms with Crippen molar-refractivity contribution in [1.29, 1.82) is 0 Å². The first-order valence-corrected chi connectivity index (χ1v) is 6.82. The third kappa shape index (κ3) is 1.60. The van der Waals surface area contributed by atoms with Crippen molar-refractivity contribution in [2.24, 2.45) is 35.4 Å². The highest BCUT2D eigenvalue weighted by atomic mass is 16.5. The summed E-state index contributed by atoms with van der Waals surface area (Å²) in [5.41, 5.74) is 3.06. The fourth-order valence-corrected chi connectivity index (χ4v) is 4.76. The van der Waals surface area contributed by atoms with Crippen molar-refractivity contribution in [3.8, 4) is 0 Å². The van der Waals surface area contributed by atoms with Gasteiger partial charge < -0.3 is 4.74 Å². The second-order valence-electron chi connectivity index (χ2n) is 5.97. The first kappa shape index (κ1) is 11.0. The van der Waals surface area contributed by atoms with Crippen LogP contribution in [0.1, 0.15) is 32.1 Å². The van der Waals surface area contributed by atoms with E-state index in [9.17, 15) is 0 Å². The Morgan fingerprint density at radius 1 is 1.31 bits per heavy atom. The Balaban J connectivity index is 1.53. The van der Waals surface area contributed by atoms with E-state index in [0.717, 1.165) is 42.6 Å². The van der Waals surface area contributed by atoms with Gasteiger partial charge in [-0.2, -0.15) is 0 Å². The maximum atomic E-state index is 5.72. The summed E-state index contributed by atoms with van der Waals surface area (Å²) in [5, 5.41) is 0. The summed E-state index contributed by atoms with van der Waals surface area (Å²) in [7, 11) is 1.77. The molecule has 5 unspecified atom stereocenters. The van der Waals surface area contributed by atoms with Crippen LogP contribution < -0.4 is 11.3 Å². The maximum Gasteiger partial charge on any atom is 0.0462 e. The van der Waals surface area contributed by atoms with Crippen LogP contribution in [-0.4, -0.2) is 19.8 Å². The number of methoxy groups -OCH3 is 1. The molecule has 0 saturated heterocycles. The lowest BCUT2D eigenvalue weighted by molar-refractivity contribution is 0.185. The van der Waals surface area contributed by atoms with Crippen LogP contribution in [0.15, 0.2) is 0 Å². The Bertz CT molecular complexity index is 242. The average molecular weight is 224 g/mol. The standard InChI is InChI=1S/C13H24N2O/c1-16-6-2-3-10(15-14)13-11-8-4-5-9(7-8)12(11)13/h8-13,15H,2-7,14H2,1H3. The Morgan fingerprint density at radius 2 is 2.00 bits per heavy atom. The van der Waals surface area contributed by atoms with Crippen LogP contribution in [0, 0.1) is 29.6 Å². The van der Waals surface area contributed by atoms with Crippen molar-refractivity contribution in [2.75, 3.05) is 13.7 Å². The summed E-state index contributed by atoms with van der Waals surface area (Å²) in [5.74, 6) is 10.8. The molecule has 0 spiro atoms. The average Bonchev–Trinajstić information content (AvgIpc) is 2.73. The summed E-state index contributed by atoms with van der Waals surface area (Å²) in [6.07, 6.45) is 6.84. The molecule has 0 aromatic heterocycles. The molecule has 3 rings (SSSR count). The molecule has 0 aromatic rings. The molecule has 2 bridgehead atoms. The number of hydrazine groups is 1. The van der Waals surface area contributed by atoms with E-state index in [1.807, 2.05) is 0 Å². The number of ether oxygens (including phenoxy) is 1. The van der Waals surface area contributed by atoms with Crippen molar-refractivity contribution in [2.45, 2.75) is 38.1 Å². The van der Waals surface area contributed by atoms with Crippen molar-refractivity contribution in [3.05, 3.63) is 0 Å². The van der Waals surface area contributed by atoms with Crippen LogP contribution in [0.5, 0.6) is 0 Å². The second-order valence-corrected chi connectivity index (χ2v) is 5.97. The smallest absolute Gasteiger partial charge is 0.0462 e. The summed E-state index contributed by atoms with van der Waals surface area (Å²) in [4.78, 5) is 0. The van der Waals surface area contributed by atoms with Crippen LogP contribution in [0.4, 0.5) is 0 Å². The number of fused-ring (bicyclic) bond motifs is 5. The molecule has 0 aromatic carbocycles. The van der Waals surface area contributed by atoms with E-state index in [4.69, 9.17) is 10.6 Å². The first-order valence-electron chi connectivity index (χ1n) is 6.82. The van der Waals surface area contributed by atoms with Gasteiger partial charge >= 0.3 is 0 Å². The van der Waals surface area contributed by atoms with Crippen LogP contribution in [-0.2, 0) is 4.74 Å². The summed E-state index contributed by atoms with van der Waals surface area (Å²) in [6.45, 7) is 0.868. The van der Waals surface area contributed by atoms with Gasteiger partial charge in [0.2, 0.25) is 0 Å². The van der Waals surface area contributed by atoms with Gasteiger partial charge in [0.15, 0.2) is 0 Å². The molecule has 92 valence electrons. The molecular weight excluding hydrogens is 200 g/mol. The van der Waals surface area contributed by atoms with E-state index in [2.05, 4.69) is 5.43 Å². The first-order chi connectivity index (χ1) is 7.86. The second kappa shape index (κ2) is 4.28. The van der Waals surface area contributed by atoms with Gasteiger partial charge in [-0.3, -0.25) is 11.3 Å². The maximum absolute atomic E-state index is 5.72. The van der Waals surface area contributed by atoms with Gasteiger partial charge in [-0.1, -0.05) is 0 Å².